The van der Waals surface area contributed by atoms with E-state index >= 15 is 0 Å². The van der Waals surface area contributed by atoms with Crippen LogP contribution < -0.4 is 10.1 Å². The highest BCUT2D eigenvalue weighted by Crippen LogP contribution is 2.11. The van der Waals surface area contributed by atoms with Gasteiger partial charge in [-0.1, -0.05) is 13.8 Å². The SMILES string of the molecule is CC(=O)C(NC(=O)COc1cncc(C(=O)O)c1)C(C)C. The second-order valence-electron chi connectivity index (χ2n) is 4.90. The Morgan fingerprint density at radius 2 is 2.00 bits per heavy atom. The van der Waals surface area contributed by atoms with Crippen molar-refractivity contribution in [2.75, 3.05) is 6.61 Å². The van der Waals surface area contributed by atoms with Crippen LogP contribution in [0.3, 0.4) is 0 Å². The average molecular weight is 294 g/mol. The van der Waals surface area contributed by atoms with E-state index in [-0.39, 0.29) is 29.6 Å². The number of hydrogen-bond donors (Lipinski definition) is 2. The maximum Gasteiger partial charge on any atom is 0.337 e. The van der Waals surface area contributed by atoms with Crippen molar-refractivity contribution in [2.24, 2.45) is 5.92 Å². The largest absolute Gasteiger partial charge is 0.482 e. The van der Waals surface area contributed by atoms with Crippen molar-refractivity contribution in [1.29, 1.82) is 0 Å². The quantitative estimate of drug-likeness (QED) is 0.773. The fourth-order valence-corrected chi connectivity index (χ4v) is 1.72. The number of ether oxygens (including phenoxy) is 1. The minimum Gasteiger partial charge on any atom is -0.482 e. The van der Waals surface area contributed by atoms with Crippen LogP contribution >= 0.6 is 0 Å². The van der Waals surface area contributed by atoms with Crippen LogP contribution in [0.2, 0.25) is 0 Å². The molecule has 7 heteroatoms. The number of carbonyl (C=O) groups excluding carboxylic acids is 2. The summed E-state index contributed by atoms with van der Waals surface area (Å²) in [7, 11) is 0. The summed E-state index contributed by atoms with van der Waals surface area (Å²) in [5.41, 5.74) is -0.0308. The molecule has 0 saturated carbocycles. The number of nitrogens with one attached hydrogen (secondary N) is 1. The number of pyridine rings is 1. The molecule has 1 aromatic heterocycles. The van der Waals surface area contributed by atoms with E-state index in [0.29, 0.717) is 0 Å². The Kier molecular flexibility index (Phi) is 5.83. The minimum absolute atomic E-state index is 0.0246. The van der Waals surface area contributed by atoms with Gasteiger partial charge in [-0.25, -0.2) is 4.79 Å². The molecule has 1 aromatic rings. The van der Waals surface area contributed by atoms with Gasteiger partial charge in [-0.15, -0.1) is 0 Å². The number of amides is 1. The third-order valence-corrected chi connectivity index (χ3v) is 2.75. The molecule has 7 nitrogen and oxygen atoms in total. The van der Waals surface area contributed by atoms with Crippen LogP contribution in [-0.2, 0) is 9.59 Å². The molecule has 0 aromatic carbocycles. The Balaban J connectivity index is 2.58. The summed E-state index contributed by atoms with van der Waals surface area (Å²) in [6, 6.07) is 0.706. The molecule has 114 valence electrons. The Bertz CT molecular complexity index is 542. The van der Waals surface area contributed by atoms with Gasteiger partial charge in [-0.3, -0.25) is 14.6 Å². The van der Waals surface area contributed by atoms with Crippen molar-refractivity contribution in [1.82, 2.24) is 10.3 Å². The maximum atomic E-state index is 11.7. The van der Waals surface area contributed by atoms with Crippen LogP contribution in [0, 0.1) is 5.92 Å². The molecular formula is C14H18N2O5. The van der Waals surface area contributed by atoms with Crippen molar-refractivity contribution in [2.45, 2.75) is 26.8 Å². The molecule has 1 unspecified atom stereocenters. The summed E-state index contributed by atoms with van der Waals surface area (Å²) in [4.78, 5) is 37.6. The lowest BCUT2D eigenvalue weighted by Crippen LogP contribution is -2.45. The molecule has 0 spiro atoms. The first kappa shape index (κ1) is 16.6. The number of aromatic nitrogens is 1. The third kappa shape index (κ3) is 5.21. The van der Waals surface area contributed by atoms with Crippen LogP contribution in [0.25, 0.3) is 0 Å². The first-order chi connectivity index (χ1) is 9.81. The molecule has 0 bridgehead atoms. The summed E-state index contributed by atoms with van der Waals surface area (Å²) in [6.07, 6.45) is 2.49. The maximum absolute atomic E-state index is 11.7. The molecule has 21 heavy (non-hydrogen) atoms. The lowest BCUT2D eigenvalue weighted by Gasteiger charge is -2.19. The number of nitrogens with zero attached hydrogens (tertiary/aromatic N) is 1. The first-order valence-corrected chi connectivity index (χ1v) is 6.42. The van der Waals surface area contributed by atoms with Crippen molar-refractivity contribution in [3.8, 4) is 5.75 Å². The molecule has 0 aliphatic heterocycles. The Morgan fingerprint density at radius 3 is 2.52 bits per heavy atom. The molecule has 2 N–H and O–H groups in total. The van der Waals surface area contributed by atoms with Gasteiger partial charge in [0.15, 0.2) is 12.4 Å². The van der Waals surface area contributed by atoms with Crippen LogP contribution in [0.1, 0.15) is 31.1 Å². The number of Topliss-reactive ketones (excluding diaryl/α,β-unsaturated/α-hetero) is 1. The van der Waals surface area contributed by atoms with Crippen LogP contribution in [-0.4, -0.2) is 40.4 Å². The number of rotatable bonds is 7. The normalized spacial score (nSPS) is 11.8. The lowest BCUT2D eigenvalue weighted by atomic mass is 10.0. The van der Waals surface area contributed by atoms with Gasteiger partial charge in [-0.05, 0) is 18.9 Å². The zero-order valence-electron chi connectivity index (χ0n) is 12.1. The van der Waals surface area contributed by atoms with E-state index in [0.717, 1.165) is 0 Å². The van der Waals surface area contributed by atoms with Gasteiger partial charge < -0.3 is 15.2 Å². The molecule has 0 aliphatic rings. The number of aromatic carboxylic acids is 1. The van der Waals surface area contributed by atoms with Gasteiger partial charge in [0.05, 0.1) is 17.8 Å². The third-order valence-electron chi connectivity index (χ3n) is 2.75. The second kappa shape index (κ2) is 7.37. The van der Waals surface area contributed by atoms with Crippen molar-refractivity contribution in [3.63, 3.8) is 0 Å². The van der Waals surface area contributed by atoms with Gasteiger partial charge in [0.25, 0.3) is 5.91 Å². The molecule has 0 radical (unpaired) electrons. The molecule has 1 amide bonds. The molecule has 1 heterocycles. The van der Waals surface area contributed by atoms with E-state index in [2.05, 4.69) is 10.3 Å². The Morgan fingerprint density at radius 1 is 1.33 bits per heavy atom. The van der Waals surface area contributed by atoms with E-state index in [1.807, 2.05) is 13.8 Å². The number of carboxylic acid groups (broad SMARTS) is 1. The first-order valence-electron chi connectivity index (χ1n) is 6.42. The van der Waals surface area contributed by atoms with Gasteiger partial charge in [0.2, 0.25) is 0 Å². The summed E-state index contributed by atoms with van der Waals surface area (Å²) >= 11 is 0. The number of ketones is 1. The predicted molar refractivity (Wildman–Crippen MR) is 74.1 cm³/mol. The minimum atomic E-state index is -1.13. The average Bonchev–Trinajstić information content (AvgIpc) is 2.42. The van der Waals surface area contributed by atoms with E-state index in [1.165, 1.54) is 25.4 Å². The smallest absolute Gasteiger partial charge is 0.337 e. The summed E-state index contributed by atoms with van der Waals surface area (Å²) in [5.74, 6) is -1.57. The summed E-state index contributed by atoms with van der Waals surface area (Å²) < 4.78 is 5.17. The zero-order valence-corrected chi connectivity index (χ0v) is 12.1. The van der Waals surface area contributed by atoms with Crippen molar-refractivity contribution in [3.05, 3.63) is 24.0 Å². The van der Waals surface area contributed by atoms with Gasteiger partial charge >= 0.3 is 5.97 Å². The second-order valence-corrected chi connectivity index (χ2v) is 4.90. The predicted octanol–water partition coefficient (Wildman–Crippen LogP) is 0.888. The van der Waals surface area contributed by atoms with E-state index in [1.54, 1.807) is 0 Å². The monoisotopic (exact) mass is 294 g/mol. The molecule has 1 atom stereocenters. The highest BCUT2D eigenvalue weighted by molar-refractivity contribution is 5.88. The Hall–Kier alpha value is -2.44. The summed E-state index contributed by atoms with van der Waals surface area (Å²) in [6.45, 7) is 4.74. The van der Waals surface area contributed by atoms with Gasteiger partial charge in [0.1, 0.15) is 5.75 Å². The van der Waals surface area contributed by atoms with Crippen LogP contribution in [0.4, 0.5) is 0 Å². The van der Waals surface area contributed by atoms with E-state index < -0.39 is 17.9 Å². The Labute approximate surface area is 122 Å². The van der Waals surface area contributed by atoms with Gasteiger partial charge in [0, 0.05) is 6.20 Å². The molecule has 0 saturated heterocycles. The molecular weight excluding hydrogens is 276 g/mol. The van der Waals surface area contributed by atoms with Crippen LogP contribution in [0.5, 0.6) is 5.75 Å². The molecule has 0 aliphatic carbocycles. The molecule has 0 fully saturated rings. The fraction of sp³-hybridized carbons (Fsp3) is 0.429. The van der Waals surface area contributed by atoms with E-state index in [4.69, 9.17) is 9.84 Å². The van der Waals surface area contributed by atoms with Crippen LogP contribution in [0.15, 0.2) is 18.5 Å². The fourth-order valence-electron chi connectivity index (χ4n) is 1.72. The van der Waals surface area contributed by atoms with Gasteiger partial charge in [-0.2, -0.15) is 0 Å². The lowest BCUT2D eigenvalue weighted by molar-refractivity contribution is -0.129. The highest BCUT2D eigenvalue weighted by Gasteiger charge is 2.20. The number of hydrogen-bond acceptors (Lipinski definition) is 5. The van der Waals surface area contributed by atoms with Crippen molar-refractivity contribution >= 4 is 17.7 Å². The molecule has 1 rings (SSSR count). The standard InChI is InChI=1S/C14H18N2O5/c1-8(2)13(9(3)17)16-12(18)7-21-11-4-10(14(19)20)5-15-6-11/h4-6,8,13H,7H2,1-3H3,(H,16,18)(H,19,20). The number of carbonyl (C=O) groups is 3. The number of carboxylic acids is 1. The van der Waals surface area contributed by atoms with Crippen molar-refractivity contribution < 1.29 is 24.2 Å². The highest BCUT2D eigenvalue weighted by atomic mass is 16.5. The van der Waals surface area contributed by atoms with E-state index in [9.17, 15) is 14.4 Å². The topological polar surface area (TPSA) is 106 Å². The summed E-state index contributed by atoms with van der Waals surface area (Å²) in [5, 5.41) is 11.4. The zero-order chi connectivity index (χ0) is 16.0.